The van der Waals surface area contributed by atoms with Crippen molar-refractivity contribution in [3.05, 3.63) is 107 Å². The van der Waals surface area contributed by atoms with Crippen LogP contribution in [0.15, 0.2) is 91.1 Å². The molecule has 0 radical (unpaired) electrons. The van der Waals surface area contributed by atoms with Gasteiger partial charge in [-0.25, -0.2) is 0 Å². The fraction of sp³-hybridized carbons (Fsp3) is 0.276. The van der Waals surface area contributed by atoms with Crippen LogP contribution in [0.2, 0.25) is 5.02 Å². The Hall–Kier alpha value is -2.96. The molecule has 4 aromatic rings. The van der Waals surface area contributed by atoms with E-state index in [1.165, 1.54) is 0 Å². The lowest BCUT2D eigenvalue weighted by Gasteiger charge is -2.40. The van der Waals surface area contributed by atoms with Gasteiger partial charge < -0.3 is 10.4 Å². The quantitative estimate of drug-likeness (QED) is 0.373. The highest BCUT2D eigenvalue weighted by Crippen LogP contribution is 2.31. The van der Waals surface area contributed by atoms with Gasteiger partial charge in [-0.3, -0.25) is 14.8 Å². The highest BCUT2D eigenvalue weighted by molar-refractivity contribution is 6.31. The SMILES string of the molecule is OC(CN1CCN(CCNc2ccnc3cc(Cl)ccc23)CC1)(c1ccccc1)c1ccccc1. The van der Waals surface area contributed by atoms with Gasteiger partial charge in [0.1, 0.15) is 5.60 Å². The van der Waals surface area contributed by atoms with Crippen LogP contribution in [0.4, 0.5) is 5.69 Å². The number of anilines is 1. The van der Waals surface area contributed by atoms with Gasteiger partial charge in [-0.2, -0.15) is 0 Å². The number of piperazine rings is 1. The predicted octanol–water partition coefficient (Wildman–Crippen LogP) is 4.85. The lowest BCUT2D eigenvalue weighted by atomic mass is 9.85. The Bertz CT molecular complexity index is 1200. The molecule has 2 heterocycles. The molecule has 5 rings (SSSR count). The second-order valence-corrected chi connectivity index (χ2v) is 9.59. The number of β-amino-alcohol motifs (C(OH)–C–C–N with tert-alkyl or cyclic N) is 1. The monoisotopic (exact) mass is 486 g/mol. The number of nitrogens with zero attached hydrogens (tertiary/aromatic N) is 3. The maximum Gasteiger partial charge on any atom is 0.127 e. The topological polar surface area (TPSA) is 51.6 Å². The van der Waals surface area contributed by atoms with Crippen molar-refractivity contribution in [3.8, 4) is 0 Å². The number of hydrogen-bond acceptors (Lipinski definition) is 5. The smallest absolute Gasteiger partial charge is 0.127 e. The molecule has 180 valence electrons. The normalized spacial score (nSPS) is 15.4. The van der Waals surface area contributed by atoms with Gasteiger partial charge in [0.2, 0.25) is 0 Å². The van der Waals surface area contributed by atoms with Gasteiger partial charge in [-0.1, -0.05) is 72.3 Å². The van der Waals surface area contributed by atoms with E-state index >= 15 is 0 Å². The fourth-order valence-corrected chi connectivity index (χ4v) is 5.06. The second kappa shape index (κ2) is 10.8. The van der Waals surface area contributed by atoms with Crippen LogP contribution in [0.25, 0.3) is 10.9 Å². The molecule has 6 heteroatoms. The minimum atomic E-state index is -1.03. The maximum atomic E-state index is 11.9. The Balaban J connectivity index is 1.17. The Morgan fingerprint density at radius 2 is 1.46 bits per heavy atom. The number of hydrogen-bond donors (Lipinski definition) is 2. The van der Waals surface area contributed by atoms with Crippen molar-refractivity contribution in [1.29, 1.82) is 0 Å². The minimum absolute atomic E-state index is 0.582. The summed E-state index contributed by atoms with van der Waals surface area (Å²) in [5.41, 5.74) is 2.83. The summed E-state index contributed by atoms with van der Waals surface area (Å²) in [7, 11) is 0. The summed E-state index contributed by atoms with van der Waals surface area (Å²) in [4.78, 5) is 9.28. The summed E-state index contributed by atoms with van der Waals surface area (Å²) >= 11 is 6.11. The minimum Gasteiger partial charge on any atom is -0.383 e. The molecule has 0 unspecified atom stereocenters. The number of fused-ring (bicyclic) bond motifs is 1. The van der Waals surface area contributed by atoms with Crippen molar-refractivity contribution in [3.63, 3.8) is 0 Å². The third-order valence-electron chi connectivity index (χ3n) is 6.87. The van der Waals surface area contributed by atoms with Crippen LogP contribution in [0.1, 0.15) is 11.1 Å². The van der Waals surface area contributed by atoms with Crippen LogP contribution in [0.5, 0.6) is 0 Å². The summed E-state index contributed by atoms with van der Waals surface area (Å²) in [5, 5.41) is 17.2. The summed E-state index contributed by atoms with van der Waals surface area (Å²) in [5.74, 6) is 0. The van der Waals surface area contributed by atoms with Crippen LogP contribution in [-0.2, 0) is 5.60 Å². The molecule has 1 saturated heterocycles. The molecule has 0 bridgehead atoms. The summed E-state index contributed by atoms with van der Waals surface area (Å²) in [6, 6.07) is 27.9. The van der Waals surface area contributed by atoms with Crippen molar-refractivity contribution in [1.82, 2.24) is 14.8 Å². The standard InChI is InChI=1S/C29H31ClN4O/c30-25-11-12-26-27(13-14-31-28(26)21-25)32-15-16-33-17-19-34(20-18-33)22-29(35,23-7-3-1-4-8-23)24-9-5-2-6-10-24/h1-14,21,35H,15-20,22H2,(H,31,32). The van der Waals surface area contributed by atoms with Crippen molar-refractivity contribution in [2.45, 2.75) is 5.60 Å². The molecule has 0 spiro atoms. The highest BCUT2D eigenvalue weighted by Gasteiger charge is 2.34. The first-order valence-electron chi connectivity index (χ1n) is 12.2. The van der Waals surface area contributed by atoms with Crippen molar-refractivity contribution in [2.75, 3.05) is 51.1 Å². The van der Waals surface area contributed by atoms with Gasteiger partial charge in [-0.05, 0) is 35.4 Å². The van der Waals surface area contributed by atoms with Crippen LogP contribution in [-0.4, -0.2) is 65.7 Å². The van der Waals surface area contributed by atoms with E-state index in [-0.39, 0.29) is 0 Å². The molecular weight excluding hydrogens is 456 g/mol. The first-order valence-corrected chi connectivity index (χ1v) is 12.6. The van der Waals surface area contributed by atoms with Gasteiger partial charge >= 0.3 is 0 Å². The largest absolute Gasteiger partial charge is 0.383 e. The van der Waals surface area contributed by atoms with Crippen LogP contribution in [0.3, 0.4) is 0 Å². The van der Waals surface area contributed by atoms with Crippen molar-refractivity contribution < 1.29 is 5.11 Å². The van der Waals surface area contributed by atoms with Crippen LogP contribution >= 0.6 is 11.6 Å². The van der Waals surface area contributed by atoms with Gasteiger partial charge in [0.15, 0.2) is 0 Å². The molecule has 0 aliphatic carbocycles. The first-order chi connectivity index (χ1) is 17.1. The zero-order chi connectivity index (χ0) is 24.1. The third kappa shape index (κ3) is 5.49. The second-order valence-electron chi connectivity index (χ2n) is 9.16. The van der Waals surface area contributed by atoms with E-state index in [1.54, 1.807) is 0 Å². The zero-order valence-electron chi connectivity index (χ0n) is 19.8. The molecule has 3 aromatic carbocycles. The maximum absolute atomic E-state index is 11.9. The van der Waals surface area contributed by atoms with Crippen molar-refractivity contribution in [2.24, 2.45) is 0 Å². The Labute approximate surface area is 212 Å². The van der Waals surface area contributed by atoms with Crippen LogP contribution in [0, 0.1) is 0 Å². The Morgan fingerprint density at radius 1 is 0.829 bits per heavy atom. The van der Waals surface area contributed by atoms with E-state index in [9.17, 15) is 5.11 Å². The number of pyridine rings is 1. The Kier molecular flexibility index (Phi) is 7.30. The number of benzene rings is 3. The summed E-state index contributed by atoms with van der Waals surface area (Å²) in [6.45, 7) is 6.23. The first kappa shape index (κ1) is 23.8. The Morgan fingerprint density at radius 3 is 2.11 bits per heavy atom. The van der Waals surface area contributed by atoms with Crippen molar-refractivity contribution >= 4 is 28.2 Å². The lowest BCUT2D eigenvalue weighted by Crippen LogP contribution is -2.52. The molecule has 1 aliphatic heterocycles. The third-order valence-corrected chi connectivity index (χ3v) is 7.10. The highest BCUT2D eigenvalue weighted by atomic mass is 35.5. The number of aromatic nitrogens is 1. The number of rotatable bonds is 8. The molecule has 0 amide bonds. The molecule has 1 aliphatic rings. The van der Waals surface area contributed by atoms with E-state index in [1.807, 2.05) is 91.1 Å². The van der Waals surface area contributed by atoms with Crippen LogP contribution < -0.4 is 5.32 Å². The molecule has 1 fully saturated rings. The van der Waals surface area contributed by atoms with E-state index in [4.69, 9.17) is 11.6 Å². The molecule has 0 atom stereocenters. The number of aliphatic hydroxyl groups is 1. The molecule has 0 saturated carbocycles. The molecular formula is C29H31ClN4O. The van der Waals surface area contributed by atoms with Gasteiger partial charge in [0, 0.05) is 68.1 Å². The number of nitrogens with one attached hydrogen (secondary N) is 1. The molecule has 1 aromatic heterocycles. The lowest BCUT2D eigenvalue weighted by molar-refractivity contribution is 0.0174. The molecule has 2 N–H and O–H groups in total. The average Bonchev–Trinajstić information content (AvgIpc) is 2.90. The van der Waals surface area contributed by atoms with E-state index in [0.717, 1.165) is 67.0 Å². The molecule has 5 nitrogen and oxygen atoms in total. The molecule has 35 heavy (non-hydrogen) atoms. The van der Waals surface area contributed by atoms with Gasteiger partial charge in [0.25, 0.3) is 0 Å². The van der Waals surface area contributed by atoms with E-state index in [2.05, 4.69) is 20.1 Å². The summed E-state index contributed by atoms with van der Waals surface area (Å²) in [6.07, 6.45) is 1.82. The fourth-order valence-electron chi connectivity index (χ4n) is 4.90. The zero-order valence-corrected chi connectivity index (χ0v) is 20.5. The number of halogens is 1. The predicted molar refractivity (Wildman–Crippen MR) is 144 cm³/mol. The van der Waals surface area contributed by atoms with Gasteiger partial charge in [-0.15, -0.1) is 0 Å². The van der Waals surface area contributed by atoms with E-state index < -0.39 is 5.60 Å². The van der Waals surface area contributed by atoms with Gasteiger partial charge in [0.05, 0.1) is 5.52 Å². The average molecular weight is 487 g/mol. The van der Waals surface area contributed by atoms with E-state index in [0.29, 0.717) is 11.6 Å². The summed E-state index contributed by atoms with van der Waals surface area (Å²) < 4.78 is 0.